The van der Waals surface area contributed by atoms with Crippen molar-refractivity contribution in [2.24, 2.45) is 5.92 Å². The van der Waals surface area contributed by atoms with E-state index in [1.807, 2.05) is 19.0 Å². The van der Waals surface area contributed by atoms with E-state index in [0.717, 1.165) is 6.54 Å². The SMILES string of the molecule is CN(C)CCN1CC(C(=O)N2CCC[C@H]2C(=O)O)CC1=O. The van der Waals surface area contributed by atoms with Gasteiger partial charge in [0.1, 0.15) is 6.04 Å². The lowest BCUT2D eigenvalue weighted by atomic mass is 10.1. The van der Waals surface area contributed by atoms with Gasteiger partial charge in [0.05, 0.1) is 5.92 Å². The third-order valence-electron chi connectivity index (χ3n) is 4.20. The molecule has 1 unspecified atom stereocenters. The van der Waals surface area contributed by atoms with Crippen LogP contribution in [0.3, 0.4) is 0 Å². The second-order valence-electron chi connectivity index (χ2n) is 6.07. The number of amides is 2. The summed E-state index contributed by atoms with van der Waals surface area (Å²) < 4.78 is 0. The molecule has 0 aromatic heterocycles. The first-order valence-corrected chi connectivity index (χ1v) is 7.36. The normalized spacial score (nSPS) is 26.0. The Morgan fingerprint density at radius 1 is 1.38 bits per heavy atom. The van der Waals surface area contributed by atoms with Gasteiger partial charge in [0, 0.05) is 32.6 Å². The molecule has 0 saturated carbocycles. The third-order valence-corrected chi connectivity index (χ3v) is 4.20. The van der Waals surface area contributed by atoms with Gasteiger partial charge in [-0.15, -0.1) is 0 Å². The number of likely N-dealkylation sites (N-methyl/N-ethyl adjacent to an activating group) is 1. The molecule has 21 heavy (non-hydrogen) atoms. The highest BCUT2D eigenvalue weighted by atomic mass is 16.4. The fourth-order valence-corrected chi connectivity index (χ4v) is 3.00. The third kappa shape index (κ3) is 3.53. The molecule has 0 spiro atoms. The number of hydrogen-bond acceptors (Lipinski definition) is 4. The molecular weight excluding hydrogens is 274 g/mol. The van der Waals surface area contributed by atoms with Crippen LogP contribution in [0.4, 0.5) is 0 Å². The van der Waals surface area contributed by atoms with Crippen LogP contribution in [-0.2, 0) is 14.4 Å². The summed E-state index contributed by atoms with van der Waals surface area (Å²) in [4.78, 5) is 40.7. The van der Waals surface area contributed by atoms with E-state index in [1.54, 1.807) is 4.90 Å². The largest absolute Gasteiger partial charge is 0.480 e. The number of aliphatic carboxylic acids is 1. The first-order chi connectivity index (χ1) is 9.90. The van der Waals surface area contributed by atoms with Crippen LogP contribution >= 0.6 is 0 Å². The predicted molar refractivity (Wildman–Crippen MR) is 75.6 cm³/mol. The Balaban J connectivity index is 1.95. The maximum atomic E-state index is 12.5. The van der Waals surface area contributed by atoms with Gasteiger partial charge in [-0.2, -0.15) is 0 Å². The minimum absolute atomic E-state index is 0.0127. The molecule has 1 N–H and O–H groups in total. The van der Waals surface area contributed by atoms with Crippen molar-refractivity contribution in [1.29, 1.82) is 0 Å². The number of likely N-dealkylation sites (tertiary alicyclic amines) is 2. The summed E-state index contributed by atoms with van der Waals surface area (Å²) >= 11 is 0. The molecule has 2 aliphatic rings. The van der Waals surface area contributed by atoms with E-state index < -0.39 is 12.0 Å². The lowest BCUT2D eigenvalue weighted by molar-refractivity contribution is -0.149. The number of carbonyl (C=O) groups is 3. The maximum absolute atomic E-state index is 12.5. The fraction of sp³-hybridized carbons (Fsp3) is 0.786. The summed E-state index contributed by atoms with van der Waals surface area (Å²) in [5.41, 5.74) is 0. The van der Waals surface area contributed by atoms with E-state index in [-0.39, 0.29) is 24.2 Å². The summed E-state index contributed by atoms with van der Waals surface area (Å²) in [6.45, 7) is 2.26. The lowest BCUT2D eigenvalue weighted by Crippen LogP contribution is -2.44. The number of hydrogen-bond donors (Lipinski definition) is 1. The van der Waals surface area contributed by atoms with Gasteiger partial charge >= 0.3 is 5.97 Å². The Hall–Kier alpha value is -1.63. The summed E-state index contributed by atoms with van der Waals surface area (Å²) in [5.74, 6) is -1.53. The fourth-order valence-electron chi connectivity index (χ4n) is 3.00. The highest BCUT2D eigenvalue weighted by Crippen LogP contribution is 2.25. The molecule has 2 heterocycles. The van der Waals surface area contributed by atoms with E-state index >= 15 is 0 Å². The molecule has 2 aliphatic heterocycles. The van der Waals surface area contributed by atoms with Gasteiger partial charge < -0.3 is 19.8 Å². The molecule has 2 atom stereocenters. The van der Waals surface area contributed by atoms with Gasteiger partial charge in [0.15, 0.2) is 0 Å². The molecule has 2 amide bonds. The zero-order chi connectivity index (χ0) is 15.6. The molecule has 7 heteroatoms. The average Bonchev–Trinajstić information content (AvgIpc) is 3.02. The Bertz CT molecular complexity index is 438. The van der Waals surface area contributed by atoms with Crippen LogP contribution in [0.5, 0.6) is 0 Å². The number of nitrogens with zero attached hydrogens (tertiary/aromatic N) is 3. The van der Waals surface area contributed by atoms with Gasteiger partial charge in [0.2, 0.25) is 11.8 Å². The van der Waals surface area contributed by atoms with E-state index in [2.05, 4.69) is 0 Å². The second-order valence-corrected chi connectivity index (χ2v) is 6.07. The van der Waals surface area contributed by atoms with Crippen LogP contribution in [-0.4, -0.2) is 83.9 Å². The summed E-state index contributed by atoms with van der Waals surface area (Å²) in [6.07, 6.45) is 1.43. The number of carboxylic acids is 1. The Labute approximate surface area is 124 Å². The Kier molecular flexibility index (Phi) is 4.82. The average molecular weight is 297 g/mol. The van der Waals surface area contributed by atoms with Gasteiger partial charge in [0.25, 0.3) is 0 Å². The van der Waals surface area contributed by atoms with Gasteiger partial charge in [-0.1, -0.05) is 0 Å². The zero-order valence-electron chi connectivity index (χ0n) is 12.6. The van der Waals surface area contributed by atoms with Crippen LogP contribution in [0.2, 0.25) is 0 Å². The van der Waals surface area contributed by atoms with Crippen molar-refractivity contribution in [3.05, 3.63) is 0 Å². The van der Waals surface area contributed by atoms with Crippen molar-refractivity contribution in [1.82, 2.24) is 14.7 Å². The van der Waals surface area contributed by atoms with Crippen molar-refractivity contribution in [2.75, 3.05) is 40.3 Å². The molecule has 0 aliphatic carbocycles. The summed E-state index contributed by atoms with van der Waals surface area (Å²) in [7, 11) is 3.87. The number of rotatable bonds is 5. The highest BCUT2D eigenvalue weighted by Gasteiger charge is 2.41. The Morgan fingerprint density at radius 2 is 2.10 bits per heavy atom. The predicted octanol–water partition coefficient (Wildman–Crippen LogP) is -0.528. The number of carboxylic acid groups (broad SMARTS) is 1. The van der Waals surface area contributed by atoms with Crippen LogP contribution in [0.25, 0.3) is 0 Å². The van der Waals surface area contributed by atoms with Crippen LogP contribution in [0.15, 0.2) is 0 Å². The minimum atomic E-state index is -0.949. The van der Waals surface area contributed by atoms with E-state index in [9.17, 15) is 14.4 Å². The molecule has 7 nitrogen and oxygen atoms in total. The molecule has 0 aromatic rings. The van der Waals surface area contributed by atoms with E-state index in [1.165, 1.54) is 4.90 Å². The highest BCUT2D eigenvalue weighted by molar-refractivity contribution is 5.91. The molecule has 0 aromatic carbocycles. The standard InChI is InChI=1S/C14H23N3O4/c1-15(2)6-7-16-9-10(8-12(16)18)13(19)17-5-3-4-11(17)14(20)21/h10-11H,3-9H2,1-2H3,(H,20,21)/t10?,11-/m0/s1. The molecule has 0 radical (unpaired) electrons. The van der Waals surface area contributed by atoms with Crippen molar-refractivity contribution in [3.8, 4) is 0 Å². The smallest absolute Gasteiger partial charge is 0.326 e. The quantitative estimate of drug-likeness (QED) is 0.738. The van der Waals surface area contributed by atoms with Crippen molar-refractivity contribution >= 4 is 17.8 Å². The van der Waals surface area contributed by atoms with Gasteiger partial charge in [-0.05, 0) is 26.9 Å². The van der Waals surface area contributed by atoms with Crippen molar-refractivity contribution < 1.29 is 19.5 Å². The van der Waals surface area contributed by atoms with Crippen LogP contribution in [0.1, 0.15) is 19.3 Å². The van der Waals surface area contributed by atoms with E-state index in [0.29, 0.717) is 32.5 Å². The topological polar surface area (TPSA) is 81.2 Å². The monoisotopic (exact) mass is 297 g/mol. The summed E-state index contributed by atoms with van der Waals surface area (Å²) in [5, 5.41) is 9.15. The zero-order valence-corrected chi connectivity index (χ0v) is 12.6. The van der Waals surface area contributed by atoms with Crippen molar-refractivity contribution in [2.45, 2.75) is 25.3 Å². The first kappa shape index (κ1) is 15.8. The lowest BCUT2D eigenvalue weighted by Gasteiger charge is -2.25. The van der Waals surface area contributed by atoms with E-state index in [4.69, 9.17) is 5.11 Å². The minimum Gasteiger partial charge on any atom is -0.480 e. The molecule has 0 bridgehead atoms. The summed E-state index contributed by atoms with van der Waals surface area (Å²) in [6, 6.07) is -0.719. The second kappa shape index (κ2) is 6.43. The molecule has 2 rings (SSSR count). The Morgan fingerprint density at radius 3 is 2.71 bits per heavy atom. The van der Waals surface area contributed by atoms with Crippen molar-refractivity contribution in [3.63, 3.8) is 0 Å². The number of carbonyl (C=O) groups excluding carboxylic acids is 2. The van der Waals surface area contributed by atoms with Gasteiger partial charge in [-0.25, -0.2) is 4.79 Å². The molecule has 2 fully saturated rings. The van der Waals surface area contributed by atoms with Crippen LogP contribution < -0.4 is 0 Å². The first-order valence-electron chi connectivity index (χ1n) is 7.36. The van der Waals surface area contributed by atoms with Gasteiger partial charge in [-0.3, -0.25) is 9.59 Å². The molecular formula is C14H23N3O4. The molecule has 118 valence electrons. The maximum Gasteiger partial charge on any atom is 0.326 e. The van der Waals surface area contributed by atoms with Crippen LogP contribution in [0, 0.1) is 5.92 Å². The molecule has 2 saturated heterocycles.